The predicted molar refractivity (Wildman–Crippen MR) is 74.1 cm³/mol. The zero-order valence-electron chi connectivity index (χ0n) is 11.2. The molecule has 2 nitrogen and oxygen atoms in total. The van der Waals surface area contributed by atoms with Gasteiger partial charge in [-0.05, 0) is 26.2 Å². The minimum absolute atomic E-state index is 0.246. The van der Waals surface area contributed by atoms with E-state index in [4.69, 9.17) is 9.15 Å². The Balaban J connectivity index is 1.88. The van der Waals surface area contributed by atoms with E-state index in [-0.39, 0.29) is 6.10 Å². The van der Waals surface area contributed by atoms with Gasteiger partial charge < -0.3 is 9.15 Å². The van der Waals surface area contributed by atoms with Gasteiger partial charge in [-0.1, -0.05) is 30.3 Å². The molecule has 1 aromatic heterocycles. The van der Waals surface area contributed by atoms with Crippen molar-refractivity contribution in [3.05, 3.63) is 47.2 Å². The molecule has 0 unspecified atom stereocenters. The van der Waals surface area contributed by atoms with Crippen LogP contribution in [0.15, 0.2) is 34.7 Å². The van der Waals surface area contributed by atoms with Crippen LogP contribution in [0.2, 0.25) is 0 Å². The number of furan rings is 1. The molecule has 0 aliphatic carbocycles. The first-order chi connectivity index (χ1) is 9.33. The Labute approximate surface area is 113 Å². The summed E-state index contributed by atoms with van der Waals surface area (Å²) in [6.45, 7) is 2.09. The third-order valence-electron chi connectivity index (χ3n) is 4.39. The maximum absolute atomic E-state index is 6.16. The van der Waals surface area contributed by atoms with Crippen molar-refractivity contribution in [2.24, 2.45) is 0 Å². The Kier molecular flexibility index (Phi) is 2.52. The minimum Gasteiger partial charge on any atom is -0.461 e. The summed E-state index contributed by atoms with van der Waals surface area (Å²) < 4.78 is 12.2. The minimum atomic E-state index is 0.246. The smallest absolute Gasteiger partial charge is 0.140 e. The van der Waals surface area contributed by atoms with Crippen molar-refractivity contribution in [1.82, 2.24) is 0 Å². The number of fused-ring (bicyclic) bond motifs is 4. The zero-order valence-corrected chi connectivity index (χ0v) is 11.2. The third kappa shape index (κ3) is 1.74. The molecule has 1 saturated heterocycles. The Morgan fingerprint density at radius 2 is 1.95 bits per heavy atom. The van der Waals surface area contributed by atoms with Crippen LogP contribution < -0.4 is 0 Å². The van der Waals surface area contributed by atoms with Gasteiger partial charge in [0.15, 0.2) is 0 Å². The molecule has 98 valence electrons. The van der Waals surface area contributed by atoms with Crippen LogP contribution in [-0.4, -0.2) is 6.10 Å². The first kappa shape index (κ1) is 11.3. The van der Waals surface area contributed by atoms with E-state index < -0.39 is 0 Å². The lowest BCUT2D eigenvalue weighted by Gasteiger charge is -2.35. The van der Waals surface area contributed by atoms with Gasteiger partial charge in [-0.2, -0.15) is 0 Å². The lowest BCUT2D eigenvalue weighted by molar-refractivity contribution is -0.0613. The number of hydrogen-bond donors (Lipinski definition) is 0. The maximum atomic E-state index is 6.16. The van der Waals surface area contributed by atoms with Crippen LogP contribution in [0.4, 0.5) is 0 Å². The summed E-state index contributed by atoms with van der Waals surface area (Å²) in [6, 6.07) is 10.4. The second-order valence-corrected chi connectivity index (χ2v) is 5.63. The normalized spacial score (nSPS) is 25.1. The SMILES string of the molecule is Cc1oc(-c2ccccc2)c2c1C[C@@H]1CCC[C@H]2O1. The van der Waals surface area contributed by atoms with Crippen LogP contribution in [0, 0.1) is 6.92 Å². The van der Waals surface area contributed by atoms with E-state index in [1.807, 2.05) is 6.07 Å². The Morgan fingerprint density at radius 1 is 1.11 bits per heavy atom. The molecule has 3 heterocycles. The first-order valence-electron chi connectivity index (χ1n) is 7.16. The summed E-state index contributed by atoms with van der Waals surface area (Å²) in [5.41, 5.74) is 3.89. The highest BCUT2D eigenvalue weighted by molar-refractivity contribution is 5.65. The van der Waals surface area contributed by atoms with E-state index in [0.717, 1.165) is 24.4 Å². The van der Waals surface area contributed by atoms with Crippen LogP contribution in [-0.2, 0) is 11.2 Å². The highest BCUT2D eigenvalue weighted by atomic mass is 16.5. The second kappa shape index (κ2) is 4.24. The Hall–Kier alpha value is -1.54. The van der Waals surface area contributed by atoms with Crippen molar-refractivity contribution in [1.29, 1.82) is 0 Å². The summed E-state index contributed by atoms with van der Waals surface area (Å²) in [6.07, 6.45) is 5.27. The topological polar surface area (TPSA) is 22.4 Å². The molecule has 2 atom stereocenters. The summed E-state index contributed by atoms with van der Waals surface area (Å²) in [7, 11) is 0. The van der Waals surface area contributed by atoms with Crippen molar-refractivity contribution >= 4 is 0 Å². The van der Waals surface area contributed by atoms with Gasteiger partial charge in [-0.15, -0.1) is 0 Å². The monoisotopic (exact) mass is 254 g/mol. The number of ether oxygens (including phenoxy) is 1. The lowest BCUT2D eigenvalue weighted by Crippen LogP contribution is -2.30. The molecule has 19 heavy (non-hydrogen) atoms. The first-order valence-corrected chi connectivity index (χ1v) is 7.16. The number of rotatable bonds is 1. The summed E-state index contributed by atoms with van der Waals surface area (Å²) in [5.74, 6) is 2.10. The molecular weight excluding hydrogens is 236 g/mol. The van der Waals surface area contributed by atoms with E-state index in [9.17, 15) is 0 Å². The highest BCUT2D eigenvalue weighted by Crippen LogP contribution is 2.46. The van der Waals surface area contributed by atoms with Crippen LogP contribution in [0.3, 0.4) is 0 Å². The Bertz CT molecular complexity index is 597. The molecule has 0 spiro atoms. The number of hydrogen-bond acceptors (Lipinski definition) is 2. The van der Waals surface area contributed by atoms with Gasteiger partial charge >= 0.3 is 0 Å². The second-order valence-electron chi connectivity index (χ2n) is 5.63. The molecule has 0 N–H and O–H groups in total. The molecule has 2 heteroatoms. The quantitative estimate of drug-likeness (QED) is 0.751. The zero-order chi connectivity index (χ0) is 12.8. The van der Waals surface area contributed by atoms with Gasteiger partial charge in [0.2, 0.25) is 0 Å². The van der Waals surface area contributed by atoms with Gasteiger partial charge in [0.25, 0.3) is 0 Å². The van der Waals surface area contributed by atoms with Crippen molar-refractivity contribution in [3.63, 3.8) is 0 Å². The van der Waals surface area contributed by atoms with Crippen molar-refractivity contribution < 1.29 is 9.15 Å². The molecule has 1 fully saturated rings. The van der Waals surface area contributed by atoms with Gasteiger partial charge in [0.1, 0.15) is 11.5 Å². The average molecular weight is 254 g/mol. The van der Waals surface area contributed by atoms with E-state index in [1.54, 1.807) is 0 Å². The van der Waals surface area contributed by atoms with Gasteiger partial charge in [0, 0.05) is 23.1 Å². The van der Waals surface area contributed by atoms with Crippen LogP contribution in [0.5, 0.6) is 0 Å². The van der Waals surface area contributed by atoms with E-state index in [1.165, 1.54) is 29.5 Å². The van der Waals surface area contributed by atoms with E-state index in [0.29, 0.717) is 6.10 Å². The molecule has 2 aliphatic rings. The number of benzene rings is 1. The predicted octanol–water partition coefficient (Wildman–Crippen LogP) is 4.42. The largest absolute Gasteiger partial charge is 0.461 e. The van der Waals surface area contributed by atoms with Crippen LogP contribution in [0.1, 0.15) is 42.3 Å². The van der Waals surface area contributed by atoms with E-state index in [2.05, 4.69) is 31.2 Å². The Morgan fingerprint density at radius 3 is 2.79 bits per heavy atom. The highest BCUT2D eigenvalue weighted by Gasteiger charge is 2.36. The molecule has 1 aromatic carbocycles. The average Bonchev–Trinajstić information content (AvgIpc) is 2.78. The molecule has 0 amide bonds. The fourth-order valence-corrected chi connectivity index (χ4v) is 3.48. The molecule has 4 rings (SSSR count). The van der Waals surface area contributed by atoms with Gasteiger partial charge in [-0.3, -0.25) is 0 Å². The van der Waals surface area contributed by atoms with Crippen LogP contribution in [0.25, 0.3) is 11.3 Å². The number of aryl methyl sites for hydroxylation is 1. The summed E-state index contributed by atoms with van der Waals surface area (Å²) >= 11 is 0. The molecule has 2 bridgehead atoms. The summed E-state index contributed by atoms with van der Waals surface area (Å²) in [5, 5.41) is 0. The lowest BCUT2D eigenvalue weighted by atomic mass is 9.85. The van der Waals surface area contributed by atoms with Crippen LogP contribution >= 0.6 is 0 Å². The third-order valence-corrected chi connectivity index (χ3v) is 4.39. The van der Waals surface area contributed by atoms with Gasteiger partial charge in [0.05, 0.1) is 12.2 Å². The van der Waals surface area contributed by atoms with Crippen molar-refractivity contribution in [2.45, 2.75) is 44.8 Å². The fraction of sp³-hybridized carbons (Fsp3) is 0.412. The molecule has 2 aliphatic heterocycles. The fourth-order valence-electron chi connectivity index (χ4n) is 3.48. The van der Waals surface area contributed by atoms with Crippen molar-refractivity contribution in [3.8, 4) is 11.3 Å². The standard InChI is InChI=1S/C17H18O2/c1-11-14-10-13-8-5-9-15(19-13)16(14)17(18-11)12-6-3-2-4-7-12/h2-4,6-7,13,15H,5,8-10H2,1H3/t13-,15+/m0/s1. The molecule has 2 aromatic rings. The van der Waals surface area contributed by atoms with Crippen molar-refractivity contribution in [2.75, 3.05) is 0 Å². The van der Waals surface area contributed by atoms with E-state index >= 15 is 0 Å². The molecule has 0 saturated carbocycles. The molecule has 0 radical (unpaired) electrons. The summed E-state index contributed by atoms with van der Waals surface area (Å²) in [4.78, 5) is 0. The maximum Gasteiger partial charge on any atom is 0.140 e. The van der Waals surface area contributed by atoms with Gasteiger partial charge in [-0.25, -0.2) is 0 Å². The molecular formula is C17H18O2.